The third-order valence-corrected chi connectivity index (χ3v) is 3.10. The van der Waals surface area contributed by atoms with Gasteiger partial charge in [0.1, 0.15) is 0 Å². The fourth-order valence-electron chi connectivity index (χ4n) is 1.79. The van der Waals surface area contributed by atoms with Gasteiger partial charge in [0.15, 0.2) is 0 Å². The lowest BCUT2D eigenvalue weighted by molar-refractivity contribution is -0.123. The van der Waals surface area contributed by atoms with E-state index < -0.39 is 5.41 Å². The van der Waals surface area contributed by atoms with Crippen molar-refractivity contribution >= 4 is 23.2 Å². The summed E-state index contributed by atoms with van der Waals surface area (Å²) < 4.78 is 0. The molecule has 0 saturated heterocycles. The van der Waals surface area contributed by atoms with Gasteiger partial charge in [0, 0.05) is 22.4 Å². The van der Waals surface area contributed by atoms with Crippen molar-refractivity contribution in [3.8, 4) is 0 Å². The monoisotopic (exact) mass is 296 g/mol. The van der Waals surface area contributed by atoms with Gasteiger partial charge in [-0.25, -0.2) is 0 Å². The first-order chi connectivity index (χ1) is 10.4. The Morgan fingerprint density at radius 3 is 2.00 bits per heavy atom. The van der Waals surface area contributed by atoms with Crippen molar-refractivity contribution in [3.63, 3.8) is 0 Å². The Bertz CT molecular complexity index is 673. The van der Waals surface area contributed by atoms with Crippen molar-refractivity contribution in [3.05, 3.63) is 60.2 Å². The predicted octanol–water partition coefficient (Wildman–Crippen LogP) is 3.92. The molecule has 0 unspecified atom stereocenters. The van der Waals surface area contributed by atoms with E-state index in [-0.39, 0.29) is 11.8 Å². The topological polar surface area (TPSA) is 58.2 Å². The first-order valence-electron chi connectivity index (χ1n) is 7.14. The van der Waals surface area contributed by atoms with Crippen molar-refractivity contribution < 1.29 is 9.59 Å². The van der Waals surface area contributed by atoms with Gasteiger partial charge in [0.05, 0.1) is 0 Å². The zero-order valence-electron chi connectivity index (χ0n) is 13.0. The molecule has 0 aliphatic heterocycles. The van der Waals surface area contributed by atoms with Crippen LogP contribution in [0.15, 0.2) is 54.6 Å². The van der Waals surface area contributed by atoms with Crippen LogP contribution in [0.3, 0.4) is 0 Å². The summed E-state index contributed by atoms with van der Waals surface area (Å²) in [6.45, 7) is 5.55. The maximum Gasteiger partial charge on any atom is 0.255 e. The highest BCUT2D eigenvalue weighted by molar-refractivity contribution is 6.04. The molecule has 4 nitrogen and oxygen atoms in total. The number of hydrogen-bond acceptors (Lipinski definition) is 2. The van der Waals surface area contributed by atoms with Gasteiger partial charge in [0.25, 0.3) is 5.91 Å². The molecule has 2 amide bonds. The maximum absolute atomic E-state index is 12.1. The van der Waals surface area contributed by atoms with Crippen LogP contribution in [-0.4, -0.2) is 11.8 Å². The van der Waals surface area contributed by atoms with Gasteiger partial charge in [-0.15, -0.1) is 0 Å². The van der Waals surface area contributed by atoms with Crippen LogP contribution >= 0.6 is 0 Å². The highest BCUT2D eigenvalue weighted by Crippen LogP contribution is 2.20. The van der Waals surface area contributed by atoms with E-state index in [1.54, 1.807) is 36.4 Å². The van der Waals surface area contributed by atoms with Gasteiger partial charge in [-0.3, -0.25) is 9.59 Å². The summed E-state index contributed by atoms with van der Waals surface area (Å²) in [7, 11) is 0. The largest absolute Gasteiger partial charge is 0.326 e. The van der Waals surface area contributed by atoms with E-state index in [0.29, 0.717) is 16.9 Å². The van der Waals surface area contributed by atoms with E-state index in [2.05, 4.69) is 10.6 Å². The molecular weight excluding hydrogens is 276 g/mol. The molecule has 0 heterocycles. The Morgan fingerprint density at radius 1 is 0.818 bits per heavy atom. The van der Waals surface area contributed by atoms with Gasteiger partial charge in [0.2, 0.25) is 5.91 Å². The van der Waals surface area contributed by atoms with Crippen LogP contribution in [0.4, 0.5) is 11.4 Å². The number of rotatable bonds is 3. The highest BCUT2D eigenvalue weighted by atomic mass is 16.2. The number of anilines is 2. The maximum atomic E-state index is 12.1. The molecule has 114 valence electrons. The van der Waals surface area contributed by atoms with E-state index >= 15 is 0 Å². The van der Waals surface area contributed by atoms with Crippen LogP contribution in [0.25, 0.3) is 0 Å². The standard InChI is InChI=1S/C18H20N2O2/c1-18(2,3)17(22)20-15-11-7-10-14(12-15)19-16(21)13-8-5-4-6-9-13/h4-12H,1-3H3,(H,19,21)(H,20,22). The molecule has 0 fully saturated rings. The normalized spacial score (nSPS) is 10.9. The minimum atomic E-state index is -0.469. The van der Waals surface area contributed by atoms with Gasteiger partial charge in [-0.1, -0.05) is 45.0 Å². The Morgan fingerprint density at radius 2 is 1.41 bits per heavy atom. The molecule has 0 radical (unpaired) electrons. The van der Waals surface area contributed by atoms with E-state index in [4.69, 9.17) is 0 Å². The van der Waals surface area contributed by atoms with E-state index in [1.165, 1.54) is 0 Å². The molecule has 4 heteroatoms. The number of hydrogen-bond donors (Lipinski definition) is 2. The fourth-order valence-corrected chi connectivity index (χ4v) is 1.79. The van der Waals surface area contributed by atoms with Crippen LogP contribution in [0, 0.1) is 5.41 Å². The molecule has 22 heavy (non-hydrogen) atoms. The molecule has 0 bridgehead atoms. The average Bonchev–Trinajstić information content (AvgIpc) is 2.47. The summed E-state index contributed by atoms with van der Waals surface area (Å²) in [4.78, 5) is 24.1. The average molecular weight is 296 g/mol. The van der Waals surface area contributed by atoms with E-state index in [0.717, 1.165) is 0 Å². The minimum Gasteiger partial charge on any atom is -0.326 e. The highest BCUT2D eigenvalue weighted by Gasteiger charge is 2.21. The minimum absolute atomic E-state index is 0.0703. The third kappa shape index (κ3) is 4.19. The quantitative estimate of drug-likeness (QED) is 0.901. The van der Waals surface area contributed by atoms with Crippen molar-refractivity contribution in [1.82, 2.24) is 0 Å². The molecule has 0 saturated carbocycles. The van der Waals surface area contributed by atoms with Crippen LogP contribution in [0.5, 0.6) is 0 Å². The lowest BCUT2D eigenvalue weighted by Gasteiger charge is -2.18. The molecule has 0 aromatic heterocycles. The smallest absolute Gasteiger partial charge is 0.255 e. The fraction of sp³-hybridized carbons (Fsp3) is 0.222. The van der Waals surface area contributed by atoms with E-state index in [9.17, 15) is 9.59 Å². The van der Waals surface area contributed by atoms with Crippen molar-refractivity contribution in [2.24, 2.45) is 5.41 Å². The first-order valence-corrected chi connectivity index (χ1v) is 7.14. The SMILES string of the molecule is CC(C)(C)C(=O)Nc1cccc(NC(=O)c2ccccc2)c1. The van der Waals surface area contributed by atoms with Crippen molar-refractivity contribution in [2.75, 3.05) is 10.6 Å². The molecule has 0 aliphatic carbocycles. The Labute approximate surface area is 130 Å². The van der Waals surface area contributed by atoms with Crippen molar-refractivity contribution in [2.45, 2.75) is 20.8 Å². The Hall–Kier alpha value is -2.62. The zero-order chi connectivity index (χ0) is 16.2. The molecule has 2 aromatic rings. The van der Waals surface area contributed by atoms with Crippen molar-refractivity contribution in [1.29, 1.82) is 0 Å². The Balaban J connectivity index is 2.09. The van der Waals surface area contributed by atoms with Crippen LogP contribution in [0.2, 0.25) is 0 Å². The number of carbonyl (C=O) groups is 2. The summed E-state index contributed by atoms with van der Waals surface area (Å²) >= 11 is 0. The molecule has 2 N–H and O–H groups in total. The molecule has 0 spiro atoms. The van der Waals surface area contributed by atoms with Crippen LogP contribution in [-0.2, 0) is 4.79 Å². The number of benzene rings is 2. The molecule has 2 aromatic carbocycles. The molecule has 0 aliphatic rings. The van der Waals surface area contributed by atoms with Crippen LogP contribution < -0.4 is 10.6 Å². The number of carbonyl (C=O) groups excluding carboxylic acids is 2. The number of amides is 2. The summed E-state index contributed by atoms with van der Waals surface area (Å²) in [5, 5.41) is 5.67. The first kappa shape index (κ1) is 15.8. The predicted molar refractivity (Wildman–Crippen MR) is 88.9 cm³/mol. The van der Waals surface area contributed by atoms with E-state index in [1.807, 2.05) is 39.0 Å². The molecule has 2 rings (SSSR count). The second-order valence-electron chi connectivity index (χ2n) is 6.11. The van der Waals surface area contributed by atoms with Crippen LogP contribution in [0.1, 0.15) is 31.1 Å². The molecular formula is C18H20N2O2. The van der Waals surface area contributed by atoms with Gasteiger partial charge in [-0.05, 0) is 30.3 Å². The second-order valence-corrected chi connectivity index (χ2v) is 6.11. The lowest BCUT2D eigenvalue weighted by atomic mass is 9.95. The summed E-state index contributed by atoms with van der Waals surface area (Å²) in [5.41, 5.74) is 1.42. The lowest BCUT2D eigenvalue weighted by Crippen LogP contribution is -2.27. The summed E-state index contributed by atoms with van der Waals surface area (Å²) in [5.74, 6) is -0.251. The summed E-state index contributed by atoms with van der Waals surface area (Å²) in [6, 6.07) is 16.1. The molecule has 0 atom stereocenters. The van der Waals surface area contributed by atoms with Gasteiger partial charge in [-0.2, -0.15) is 0 Å². The second kappa shape index (κ2) is 6.43. The van der Waals surface area contributed by atoms with Gasteiger partial charge < -0.3 is 10.6 Å². The Kier molecular flexibility index (Phi) is 4.61. The van der Waals surface area contributed by atoms with Gasteiger partial charge >= 0.3 is 0 Å². The summed E-state index contributed by atoms with van der Waals surface area (Å²) in [6.07, 6.45) is 0. The number of nitrogens with one attached hydrogen (secondary N) is 2. The zero-order valence-corrected chi connectivity index (χ0v) is 13.0. The third-order valence-electron chi connectivity index (χ3n) is 3.10.